The van der Waals surface area contributed by atoms with Gasteiger partial charge in [0.15, 0.2) is 5.65 Å². The molecule has 2 aromatic carbocycles. The molecule has 30 heavy (non-hydrogen) atoms. The number of carbonyl (C=O) groups excluding carboxylic acids is 2. The van der Waals surface area contributed by atoms with Crippen molar-refractivity contribution in [3.05, 3.63) is 72.2 Å². The van der Waals surface area contributed by atoms with E-state index in [0.29, 0.717) is 11.0 Å². The van der Waals surface area contributed by atoms with Crippen LogP contribution in [0.4, 0.5) is 0 Å². The van der Waals surface area contributed by atoms with Crippen LogP contribution < -0.4 is 4.74 Å². The van der Waals surface area contributed by atoms with Crippen LogP contribution in [0.25, 0.3) is 16.7 Å². The summed E-state index contributed by atoms with van der Waals surface area (Å²) in [5.41, 5.74) is 1.66. The molecule has 2 heterocycles. The Bertz CT molecular complexity index is 1200. The van der Waals surface area contributed by atoms with Crippen molar-refractivity contribution in [2.24, 2.45) is 0 Å². The molecule has 0 fully saturated rings. The summed E-state index contributed by atoms with van der Waals surface area (Å²) in [6, 6.07) is 13.8. The molecule has 0 atom stereocenters. The minimum absolute atomic E-state index is 0.140. The van der Waals surface area contributed by atoms with Crippen molar-refractivity contribution in [3.8, 4) is 17.3 Å². The highest BCUT2D eigenvalue weighted by Crippen LogP contribution is 2.29. The van der Waals surface area contributed by atoms with Gasteiger partial charge in [0.1, 0.15) is 17.5 Å². The number of hydrogen-bond acceptors (Lipinski definition) is 8. The first-order chi connectivity index (χ1) is 14.6. The fraction of sp³-hybridized carbons (Fsp3) is 0.0952. The van der Waals surface area contributed by atoms with E-state index in [1.807, 2.05) is 30.3 Å². The van der Waals surface area contributed by atoms with Gasteiger partial charge >= 0.3 is 11.9 Å². The number of esters is 2. The van der Waals surface area contributed by atoms with E-state index in [4.69, 9.17) is 14.2 Å². The van der Waals surface area contributed by atoms with Gasteiger partial charge in [-0.15, -0.1) is 0 Å². The lowest BCUT2D eigenvalue weighted by Gasteiger charge is -2.09. The number of hydrogen-bond donors (Lipinski definition) is 0. The molecule has 0 saturated carbocycles. The molecule has 0 aliphatic heterocycles. The van der Waals surface area contributed by atoms with Crippen LogP contribution in [0.5, 0.6) is 11.6 Å². The Hall–Kier alpha value is -4.27. The zero-order valence-electron chi connectivity index (χ0n) is 16.1. The summed E-state index contributed by atoms with van der Waals surface area (Å²) < 4.78 is 17.0. The number of rotatable bonds is 5. The third kappa shape index (κ3) is 3.55. The van der Waals surface area contributed by atoms with E-state index in [2.05, 4.69) is 15.1 Å². The van der Waals surface area contributed by atoms with E-state index < -0.39 is 11.9 Å². The summed E-state index contributed by atoms with van der Waals surface area (Å²) in [6.07, 6.45) is 2.94. The highest BCUT2D eigenvalue weighted by molar-refractivity contribution is 5.96. The van der Waals surface area contributed by atoms with Crippen molar-refractivity contribution in [1.29, 1.82) is 0 Å². The zero-order chi connectivity index (χ0) is 21.1. The molecule has 0 bridgehead atoms. The van der Waals surface area contributed by atoms with Crippen molar-refractivity contribution >= 4 is 23.0 Å². The van der Waals surface area contributed by atoms with Crippen LogP contribution in [0.3, 0.4) is 0 Å². The van der Waals surface area contributed by atoms with Gasteiger partial charge in [0.05, 0.1) is 37.2 Å². The Morgan fingerprint density at radius 3 is 2.20 bits per heavy atom. The molecule has 0 amide bonds. The first-order valence-corrected chi connectivity index (χ1v) is 8.84. The summed E-state index contributed by atoms with van der Waals surface area (Å²) in [7, 11) is 2.50. The van der Waals surface area contributed by atoms with Crippen LogP contribution in [-0.2, 0) is 9.47 Å². The van der Waals surface area contributed by atoms with Crippen molar-refractivity contribution in [2.75, 3.05) is 14.2 Å². The molecular formula is C21H16N4O5. The topological polar surface area (TPSA) is 105 Å². The largest absolute Gasteiger partial charge is 0.465 e. The molecule has 0 saturated heterocycles. The fourth-order valence-electron chi connectivity index (χ4n) is 2.90. The Morgan fingerprint density at radius 1 is 0.900 bits per heavy atom. The second-order valence-electron chi connectivity index (χ2n) is 6.14. The van der Waals surface area contributed by atoms with Crippen molar-refractivity contribution in [3.63, 3.8) is 0 Å². The molecule has 4 aromatic rings. The normalized spacial score (nSPS) is 10.6. The van der Waals surface area contributed by atoms with Crippen molar-refractivity contribution in [2.45, 2.75) is 0 Å². The molecular weight excluding hydrogens is 388 g/mol. The standard InChI is InChI=1S/C21H16N4O5/c1-28-20(26)13-8-14(21(27)29-2)10-16(9-13)30-19-17-11-24-25(18(17)22-12-23-19)15-6-4-3-5-7-15/h3-12H,1-2H3. The van der Waals surface area contributed by atoms with Gasteiger partial charge in [-0.1, -0.05) is 18.2 Å². The predicted octanol–water partition coefficient (Wildman–Crippen LogP) is 3.18. The van der Waals surface area contributed by atoms with Crippen LogP contribution in [0.1, 0.15) is 20.7 Å². The van der Waals surface area contributed by atoms with Gasteiger partial charge in [0.25, 0.3) is 0 Å². The summed E-state index contributed by atoms with van der Waals surface area (Å²) >= 11 is 0. The SMILES string of the molecule is COC(=O)c1cc(Oc2ncnc3c2cnn3-c2ccccc2)cc(C(=O)OC)c1. The molecule has 9 nitrogen and oxygen atoms in total. The first-order valence-electron chi connectivity index (χ1n) is 8.84. The number of benzene rings is 2. The number of para-hydroxylation sites is 1. The number of methoxy groups -OCH3 is 2. The third-order valence-electron chi connectivity index (χ3n) is 4.29. The molecule has 150 valence electrons. The van der Waals surface area contributed by atoms with E-state index in [9.17, 15) is 9.59 Å². The minimum Gasteiger partial charge on any atom is -0.465 e. The van der Waals surface area contributed by atoms with Gasteiger partial charge in [-0.3, -0.25) is 0 Å². The lowest BCUT2D eigenvalue weighted by atomic mass is 10.1. The zero-order valence-corrected chi connectivity index (χ0v) is 16.1. The van der Waals surface area contributed by atoms with E-state index in [1.54, 1.807) is 10.9 Å². The molecule has 0 N–H and O–H groups in total. The number of ether oxygens (including phenoxy) is 3. The van der Waals surface area contributed by atoms with Crippen LogP contribution >= 0.6 is 0 Å². The number of carbonyl (C=O) groups is 2. The van der Waals surface area contributed by atoms with Crippen LogP contribution in [0.15, 0.2) is 61.1 Å². The Morgan fingerprint density at radius 2 is 1.57 bits per heavy atom. The molecule has 0 aliphatic carbocycles. The maximum absolute atomic E-state index is 12.0. The lowest BCUT2D eigenvalue weighted by Crippen LogP contribution is -2.07. The average Bonchev–Trinajstić information content (AvgIpc) is 3.23. The highest BCUT2D eigenvalue weighted by atomic mass is 16.5. The van der Waals surface area contributed by atoms with Gasteiger partial charge in [0.2, 0.25) is 5.88 Å². The second-order valence-corrected chi connectivity index (χ2v) is 6.14. The Balaban J connectivity index is 1.77. The maximum atomic E-state index is 12.0. The molecule has 0 radical (unpaired) electrons. The van der Waals surface area contributed by atoms with E-state index in [0.717, 1.165) is 5.69 Å². The average molecular weight is 404 g/mol. The molecule has 9 heteroatoms. The highest BCUT2D eigenvalue weighted by Gasteiger charge is 2.17. The number of nitrogens with zero attached hydrogens (tertiary/aromatic N) is 4. The predicted molar refractivity (Wildman–Crippen MR) is 106 cm³/mol. The quantitative estimate of drug-likeness (QED) is 0.467. The monoisotopic (exact) mass is 404 g/mol. The van der Waals surface area contributed by atoms with Gasteiger partial charge in [0, 0.05) is 0 Å². The number of aromatic nitrogens is 4. The third-order valence-corrected chi connectivity index (χ3v) is 4.29. The summed E-state index contributed by atoms with van der Waals surface area (Å²) in [6.45, 7) is 0. The van der Waals surface area contributed by atoms with Gasteiger partial charge < -0.3 is 14.2 Å². The number of fused-ring (bicyclic) bond motifs is 1. The van der Waals surface area contributed by atoms with Gasteiger partial charge in [-0.25, -0.2) is 24.2 Å². The minimum atomic E-state index is -0.615. The molecule has 2 aromatic heterocycles. The smallest absolute Gasteiger partial charge is 0.338 e. The molecule has 0 aliphatic rings. The van der Waals surface area contributed by atoms with Crippen LogP contribution in [-0.4, -0.2) is 45.9 Å². The molecule has 0 unspecified atom stereocenters. The fourth-order valence-corrected chi connectivity index (χ4v) is 2.90. The van der Waals surface area contributed by atoms with Crippen LogP contribution in [0.2, 0.25) is 0 Å². The van der Waals surface area contributed by atoms with Crippen LogP contribution in [0, 0.1) is 0 Å². The summed E-state index contributed by atoms with van der Waals surface area (Å²) in [4.78, 5) is 32.4. The summed E-state index contributed by atoms with van der Waals surface area (Å²) in [5.74, 6) is -0.795. The van der Waals surface area contributed by atoms with E-state index in [-0.39, 0.29) is 22.8 Å². The van der Waals surface area contributed by atoms with Gasteiger partial charge in [-0.05, 0) is 30.3 Å². The van der Waals surface area contributed by atoms with Gasteiger partial charge in [-0.2, -0.15) is 5.10 Å². The Kier molecular flexibility index (Phi) is 5.08. The van der Waals surface area contributed by atoms with E-state index in [1.165, 1.54) is 38.7 Å². The first kappa shape index (κ1) is 19.1. The second kappa shape index (κ2) is 8.00. The van der Waals surface area contributed by atoms with Crippen molar-refractivity contribution < 1.29 is 23.8 Å². The maximum Gasteiger partial charge on any atom is 0.338 e. The van der Waals surface area contributed by atoms with E-state index >= 15 is 0 Å². The van der Waals surface area contributed by atoms with Crippen molar-refractivity contribution in [1.82, 2.24) is 19.7 Å². The Labute approximate surface area is 170 Å². The molecule has 4 rings (SSSR count). The molecule has 0 spiro atoms. The lowest BCUT2D eigenvalue weighted by molar-refractivity contribution is 0.0598. The summed E-state index contributed by atoms with van der Waals surface area (Å²) in [5, 5.41) is 4.93.